The highest BCUT2D eigenvalue weighted by Crippen LogP contribution is 2.28. The van der Waals surface area contributed by atoms with Gasteiger partial charge in [0.05, 0.1) is 5.69 Å². The summed E-state index contributed by atoms with van der Waals surface area (Å²) in [7, 11) is 2.04. The summed E-state index contributed by atoms with van der Waals surface area (Å²) in [5.41, 5.74) is 2.58. The maximum absolute atomic E-state index is 4.83. The maximum atomic E-state index is 4.83. The molecule has 0 amide bonds. The van der Waals surface area contributed by atoms with E-state index in [1.54, 1.807) is 0 Å². The molecule has 0 aromatic carbocycles. The second-order valence-electron chi connectivity index (χ2n) is 5.35. The van der Waals surface area contributed by atoms with Crippen LogP contribution in [0.3, 0.4) is 0 Å². The molecule has 1 aliphatic heterocycles. The number of anilines is 1. The quantitative estimate of drug-likeness (QED) is 0.811. The number of aryl methyl sites for hydroxylation is 1. The molecule has 18 heavy (non-hydrogen) atoms. The summed E-state index contributed by atoms with van der Waals surface area (Å²) in [5.74, 6) is 0.947. The summed E-state index contributed by atoms with van der Waals surface area (Å²) < 4.78 is 0. The lowest BCUT2D eigenvalue weighted by molar-refractivity contribution is 0.532. The molecular formula is C14H22N4. The SMILES string of the molecule is CNC1CCCCc2nc(N3CCCC3)ncc21. The first-order chi connectivity index (χ1) is 8.88. The molecular weight excluding hydrogens is 224 g/mol. The van der Waals surface area contributed by atoms with Crippen molar-refractivity contribution in [3.63, 3.8) is 0 Å². The number of hydrogen-bond donors (Lipinski definition) is 1. The number of rotatable bonds is 2. The van der Waals surface area contributed by atoms with E-state index in [-0.39, 0.29) is 0 Å². The van der Waals surface area contributed by atoms with Gasteiger partial charge in [-0.1, -0.05) is 6.42 Å². The van der Waals surface area contributed by atoms with Crippen molar-refractivity contribution in [3.8, 4) is 0 Å². The Morgan fingerprint density at radius 3 is 2.83 bits per heavy atom. The lowest BCUT2D eigenvalue weighted by Gasteiger charge is -2.19. The van der Waals surface area contributed by atoms with Gasteiger partial charge in [0.1, 0.15) is 0 Å². The van der Waals surface area contributed by atoms with Gasteiger partial charge in [0.2, 0.25) is 5.95 Å². The molecule has 2 aliphatic rings. The Morgan fingerprint density at radius 2 is 2.06 bits per heavy atom. The van der Waals surface area contributed by atoms with Crippen LogP contribution in [-0.2, 0) is 6.42 Å². The molecule has 0 saturated carbocycles. The molecule has 1 atom stereocenters. The van der Waals surface area contributed by atoms with Gasteiger partial charge < -0.3 is 10.2 Å². The number of nitrogens with zero attached hydrogens (tertiary/aromatic N) is 3. The molecule has 3 rings (SSSR count). The van der Waals surface area contributed by atoms with Gasteiger partial charge in [-0.25, -0.2) is 9.97 Å². The summed E-state index contributed by atoms with van der Waals surface area (Å²) in [4.78, 5) is 11.7. The minimum absolute atomic E-state index is 0.440. The van der Waals surface area contributed by atoms with Crippen LogP contribution in [0, 0.1) is 0 Å². The number of aromatic nitrogens is 2. The monoisotopic (exact) mass is 246 g/mol. The molecule has 1 saturated heterocycles. The first-order valence-electron chi connectivity index (χ1n) is 7.16. The van der Waals surface area contributed by atoms with E-state index in [9.17, 15) is 0 Å². The predicted octanol–water partition coefficient (Wildman–Crippen LogP) is 2.06. The Labute approximate surface area is 109 Å². The van der Waals surface area contributed by atoms with E-state index in [1.807, 2.05) is 7.05 Å². The van der Waals surface area contributed by atoms with Gasteiger partial charge >= 0.3 is 0 Å². The van der Waals surface area contributed by atoms with Crippen molar-refractivity contribution in [3.05, 3.63) is 17.5 Å². The van der Waals surface area contributed by atoms with Crippen LogP contribution in [-0.4, -0.2) is 30.1 Å². The van der Waals surface area contributed by atoms with E-state index in [1.165, 1.54) is 43.4 Å². The third kappa shape index (κ3) is 2.21. The topological polar surface area (TPSA) is 41.1 Å². The molecule has 1 aromatic heterocycles. The fraction of sp³-hybridized carbons (Fsp3) is 0.714. The molecule has 1 fully saturated rings. The lowest BCUT2D eigenvalue weighted by Crippen LogP contribution is -2.23. The van der Waals surface area contributed by atoms with Crippen LogP contribution in [0.4, 0.5) is 5.95 Å². The van der Waals surface area contributed by atoms with Crippen LogP contribution in [0.15, 0.2) is 6.20 Å². The van der Waals surface area contributed by atoms with Crippen molar-refractivity contribution in [1.82, 2.24) is 15.3 Å². The van der Waals surface area contributed by atoms with Crippen LogP contribution in [0.1, 0.15) is 49.4 Å². The number of hydrogen-bond acceptors (Lipinski definition) is 4. The standard InChI is InChI=1S/C14H22N4/c1-15-12-6-2-3-7-13-11(12)10-16-14(17-13)18-8-4-5-9-18/h10,12,15H,2-9H2,1H3. The molecule has 98 valence electrons. The molecule has 1 aromatic rings. The van der Waals surface area contributed by atoms with Crippen molar-refractivity contribution in [2.75, 3.05) is 25.0 Å². The van der Waals surface area contributed by atoms with Crippen LogP contribution >= 0.6 is 0 Å². The summed E-state index contributed by atoms with van der Waals surface area (Å²) >= 11 is 0. The van der Waals surface area contributed by atoms with Gasteiger partial charge in [0.15, 0.2) is 0 Å². The molecule has 1 aliphatic carbocycles. The fourth-order valence-corrected chi connectivity index (χ4v) is 3.07. The van der Waals surface area contributed by atoms with Crippen molar-refractivity contribution >= 4 is 5.95 Å². The number of nitrogens with one attached hydrogen (secondary N) is 1. The Balaban J connectivity index is 1.91. The van der Waals surface area contributed by atoms with Gasteiger partial charge in [0, 0.05) is 30.9 Å². The Kier molecular flexibility index (Phi) is 3.46. The first kappa shape index (κ1) is 11.9. The molecule has 4 heteroatoms. The van der Waals surface area contributed by atoms with Gasteiger partial charge in [-0.15, -0.1) is 0 Å². The Hall–Kier alpha value is -1.16. The summed E-state index contributed by atoms with van der Waals surface area (Å²) in [6, 6.07) is 0.440. The summed E-state index contributed by atoms with van der Waals surface area (Å²) in [6.45, 7) is 2.24. The van der Waals surface area contributed by atoms with Crippen molar-refractivity contribution < 1.29 is 0 Å². The first-order valence-corrected chi connectivity index (χ1v) is 7.16. The molecule has 4 nitrogen and oxygen atoms in total. The van der Waals surface area contributed by atoms with E-state index in [2.05, 4.69) is 21.4 Å². The van der Waals surface area contributed by atoms with Crippen LogP contribution < -0.4 is 10.2 Å². The van der Waals surface area contributed by atoms with Gasteiger partial charge in [-0.05, 0) is 39.2 Å². The van der Waals surface area contributed by atoms with Crippen molar-refractivity contribution in [2.45, 2.75) is 44.6 Å². The third-order valence-electron chi connectivity index (χ3n) is 4.16. The minimum atomic E-state index is 0.440. The van der Waals surface area contributed by atoms with Gasteiger partial charge in [-0.3, -0.25) is 0 Å². The van der Waals surface area contributed by atoms with Gasteiger partial charge in [-0.2, -0.15) is 0 Å². The highest BCUT2D eigenvalue weighted by Gasteiger charge is 2.21. The third-order valence-corrected chi connectivity index (χ3v) is 4.16. The van der Waals surface area contributed by atoms with E-state index in [4.69, 9.17) is 4.98 Å². The molecule has 0 spiro atoms. The van der Waals surface area contributed by atoms with Crippen LogP contribution in [0.2, 0.25) is 0 Å². The van der Waals surface area contributed by atoms with E-state index >= 15 is 0 Å². The zero-order chi connectivity index (χ0) is 12.4. The normalized spacial score (nSPS) is 23.8. The Morgan fingerprint density at radius 1 is 1.22 bits per heavy atom. The summed E-state index contributed by atoms with van der Waals surface area (Å²) in [6.07, 6.45) is 9.46. The average molecular weight is 246 g/mol. The zero-order valence-electron chi connectivity index (χ0n) is 11.2. The highest BCUT2D eigenvalue weighted by atomic mass is 15.3. The molecule has 1 N–H and O–H groups in total. The fourth-order valence-electron chi connectivity index (χ4n) is 3.07. The smallest absolute Gasteiger partial charge is 0.225 e. The van der Waals surface area contributed by atoms with E-state index in [0.29, 0.717) is 6.04 Å². The van der Waals surface area contributed by atoms with E-state index in [0.717, 1.165) is 25.5 Å². The van der Waals surface area contributed by atoms with Gasteiger partial charge in [0.25, 0.3) is 0 Å². The molecule has 0 bridgehead atoms. The minimum Gasteiger partial charge on any atom is -0.341 e. The second-order valence-corrected chi connectivity index (χ2v) is 5.35. The van der Waals surface area contributed by atoms with Crippen LogP contribution in [0.5, 0.6) is 0 Å². The second kappa shape index (κ2) is 5.22. The van der Waals surface area contributed by atoms with Crippen LogP contribution in [0.25, 0.3) is 0 Å². The molecule has 1 unspecified atom stereocenters. The average Bonchev–Trinajstić information content (AvgIpc) is 2.86. The maximum Gasteiger partial charge on any atom is 0.225 e. The molecule has 2 heterocycles. The lowest BCUT2D eigenvalue weighted by atomic mass is 10.1. The zero-order valence-corrected chi connectivity index (χ0v) is 11.2. The van der Waals surface area contributed by atoms with Crippen molar-refractivity contribution in [2.24, 2.45) is 0 Å². The molecule has 0 radical (unpaired) electrons. The predicted molar refractivity (Wildman–Crippen MR) is 72.8 cm³/mol. The highest BCUT2D eigenvalue weighted by molar-refractivity contribution is 5.35. The van der Waals surface area contributed by atoms with Crippen molar-refractivity contribution in [1.29, 1.82) is 0 Å². The summed E-state index contributed by atoms with van der Waals surface area (Å²) in [5, 5.41) is 3.40. The largest absolute Gasteiger partial charge is 0.341 e. The van der Waals surface area contributed by atoms with E-state index < -0.39 is 0 Å². The Bertz CT molecular complexity index is 412. The number of fused-ring (bicyclic) bond motifs is 1.